The quantitative estimate of drug-likeness (QED) is 0.455. The van der Waals surface area contributed by atoms with Crippen molar-refractivity contribution < 1.29 is 9.47 Å². The number of hydrogen-bond donors (Lipinski definition) is 3. The second kappa shape index (κ2) is 8.77. The second-order valence-corrected chi connectivity index (χ2v) is 2.44. The van der Waals surface area contributed by atoms with E-state index in [9.17, 15) is 14.4 Å². The number of nitrogens with one attached hydrogen (secondary N) is 3. The summed E-state index contributed by atoms with van der Waals surface area (Å²) >= 11 is 0. The lowest BCUT2D eigenvalue weighted by Gasteiger charge is -1.97. The van der Waals surface area contributed by atoms with E-state index in [-0.39, 0.29) is 0 Å². The van der Waals surface area contributed by atoms with E-state index in [1.165, 1.54) is 12.5 Å². The average Bonchev–Trinajstić information content (AvgIpc) is 2.23. The Labute approximate surface area is 95.6 Å². The van der Waals surface area contributed by atoms with Crippen molar-refractivity contribution in [2.24, 2.45) is 0 Å². The molecule has 94 valence electrons. The Kier molecular flexibility index (Phi) is 7.48. The molecule has 3 N–H and O–H groups in total. The average molecular weight is 243 g/mol. The molecule has 8 nitrogen and oxygen atoms in total. The predicted octanol–water partition coefficient (Wildman–Crippen LogP) is -0.942. The zero-order valence-corrected chi connectivity index (χ0v) is 9.02. The van der Waals surface area contributed by atoms with Crippen LogP contribution in [-0.4, -0.2) is 28.2 Å². The molecular weight excluding hydrogens is 230 g/mol. The van der Waals surface area contributed by atoms with Crippen LogP contribution in [0.15, 0.2) is 40.1 Å². The highest BCUT2D eigenvalue weighted by Crippen LogP contribution is 1.76. The molecule has 1 aromatic rings. The molecule has 1 heterocycles. The fraction of sp³-hybridized carbons (Fsp3) is 0.222. The minimum atomic E-state index is -0.802. The van der Waals surface area contributed by atoms with Crippen molar-refractivity contribution in [2.45, 2.75) is 0 Å². The van der Waals surface area contributed by atoms with Gasteiger partial charge in [-0.2, -0.15) is 0 Å². The third-order valence-electron chi connectivity index (χ3n) is 1.24. The van der Waals surface area contributed by atoms with Gasteiger partial charge in [-0.1, -0.05) is 13.2 Å². The Morgan fingerprint density at radius 3 is 1.35 bits per heavy atom. The van der Waals surface area contributed by atoms with E-state index >= 15 is 0 Å². The second-order valence-electron chi connectivity index (χ2n) is 2.44. The Hall–Kier alpha value is -2.51. The van der Waals surface area contributed by atoms with Gasteiger partial charge in [-0.05, 0) is 0 Å². The van der Waals surface area contributed by atoms with E-state index in [2.05, 4.69) is 13.2 Å². The maximum absolute atomic E-state index is 10.2. The van der Waals surface area contributed by atoms with Crippen LogP contribution in [0.1, 0.15) is 0 Å². The molecular formula is C9H13N3O5. The highest BCUT2D eigenvalue weighted by atomic mass is 16.5. The van der Waals surface area contributed by atoms with Crippen molar-refractivity contribution >= 4 is 0 Å². The van der Waals surface area contributed by atoms with E-state index in [0.717, 1.165) is 0 Å². The maximum Gasteiger partial charge on any atom is 0.330 e. The molecule has 0 aliphatic rings. The van der Waals surface area contributed by atoms with Gasteiger partial charge < -0.3 is 9.47 Å². The molecule has 8 heteroatoms. The fourth-order valence-corrected chi connectivity index (χ4v) is 0.666. The van der Waals surface area contributed by atoms with Crippen molar-refractivity contribution in [1.29, 1.82) is 0 Å². The molecule has 1 rings (SSSR count). The highest BCUT2D eigenvalue weighted by molar-refractivity contribution is 4.60. The fourth-order valence-electron chi connectivity index (χ4n) is 0.666. The molecule has 0 aliphatic carbocycles. The number of aromatic nitrogens is 3. The van der Waals surface area contributed by atoms with Gasteiger partial charge in [-0.3, -0.25) is 15.0 Å². The number of H-pyrrole nitrogens is 3. The molecule has 0 radical (unpaired) electrons. The zero-order valence-electron chi connectivity index (χ0n) is 9.02. The first kappa shape index (κ1) is 14.5. The summed E-state index contributed by atoms with van der Waals surface area (Å²) in [4.78, 5) is 35.9. The van der Waals surface area contributed by atoms with Crippen LogP contribution in [0.25, 0.3) is 0 Å². The molecule has 0 saturated carbocycles. The molecule has 1 aromatic heterocycles. The predicted molar refractivity (Wildman–Crippen MR) is 60.6 cm³/mol. The van der Waals surface area contributed by atoms with Gasteiger partial charge >= 0.3 is 17.1 Å². The minimum Gasteiger partial charge on any atom is -0.498 e. The summed E-state index contributed by atoms with van der Waals surface area (Å²) in [7, 11) is 0. The van der Waals surface area contributed by atoms with E-state index < -0.39 is 17.1 Å². The summed E-state index contributed by atoms with van der Waals surface area (Å²) in [5, 5.41) is 0. The van der Waals surface area contributed by atoms with Crippen LogP contribution in [0.2, 0.25) is 0 Å². The first-order chi connectivity index (χ1) is 8.10. The van der Waals surface area contributed by atoms with Gasteiger partial charge in [0.1, 0.15) is 13.2 Å². The molecule has 0 aliphatic heterocycles. The smallest absolute Gasteiger partial charge is 0.330 e. The summed E-state index contributed by atoms with van der Waals surface area (Å²) in [6.07, 6.45) is 2.76. The summed E-state index contributed by atoms with van der Waals surface area (Å²) in [6, 6.07) is 0. The molecule has 0 aromatic carbocycles. The van der Waals surface area contributed by atoms with Gasteiger partial charge in [0, 0.05) is 0 Å². The van der Waals surface area contributed by atoms with Crippen LogP contribution in [-0.2, 0) is 9.47 Å². The monoisotopic (exact) mass is 243 g/mol. The van der Waals surface area contributed by atoms with Gasteiger partial charge in [0.25, 0.3) is 0 Å². The van der Waals surface area contributed by atoms with Crippen LogP contribution in [0.3, 0.4) is 0 Å². The van der Waals surface area contributed by atoms with Gasteiger partial charge in [-0.15, -0.1) is 0 Å². The Bertz CT molecular complexity index is 410. The van der Waals surface area contributed by atoms with Crippen LogP contribution < -0.4 is 17.1 Å². The van der Waals surface area contributed by atoms with Crippen molar-refractivity contribution in [1.82, 2.24) is 15.0 Å². The van der Waals surface area contributed by atoms with E-state index in [1.54, 1.807) is 15.0 Å². The third-order valence-corrected chi connectivity index (χ3v) is 1.24. The first-order valence-corrected chi connectivity index (χ1v) is 4.48. The topological polar surface area (TPSA) is 117 Å². The number of aromatic amines is 3. The number of hydrogen-bond acceptors (Lipinski definition) is 5. The summed E-state index contributed by atoms with van der Waals surface area (Å²) in [6.45, 7) is 7.78. The van der Waals surface area contributed by atoms with Crippen LogP contribution in [0.5, 0.6) is 0 Å². The Balaban J connectivity index is 0.000000304. The lowest BCUT2D eigenvalue weighted by molar-refractivity contribution is 0.151. The van der Waals surface area contributed by atoms with Crippen LogP contribution in [0.4, 0.5) is 0 Å². The van der Waals surface area contributed by atoms with Gasteiger partial charge in [0.2, 0.25) is 0 Å². The number of ether oxygens (including phenoxy) is 2. The number of rotatable bonds is 5. The Morgan fingerprint density at radius 2 is 1.12 bits per heavy atom. The molecule has 0 atom stereocenters. The van der Waals surface area contributed by atoms with Crippen LogP contribution in [0, 0.1) is 0 Å². The van der Waals surface area contributed by atoms with Crippen LogP contribution >= 0.6 is 0 Å². The molecule has 0 bridgehead atoms. The summed E-state index contributed by atoms with van der Waals surface area (Å²) < 4.78 is 9.45. The molecule has 0 fully saturated rings. The van der Waals surface area contributed by atoms with Gasteiger partial charge in [0.15, 0.2) is 0 Å². The van der Waals surface area contributed by atoms with E-state index in [4.69, 9.17) is 9.47 Å². The molecule has 0 unspecified atom stereocenters. The summed E-state index contributed by atoms with van der Waals surface area (Å²) in [5.41, 5.74) is -2.41. The largest absolute Gasteiger partial charge is 0.498 e. The van der Waals surface area contributed by atoms with Crippen molar-refractivity contribution in [3.05, 3.63) is 57.1 Å². The first-order valence-electron chi connectivity index (χ1n) is 4.48. The van der Waals surface area contributed by atoms with Crippen molar-refractivity contribution in [3.8, 4) is 0 Å². The molecule has 0 spiro atoms. The van der Waals surface area contributed by atoms with E-state index in [1.807, 2.05) is 0 Å². The summed E-state index contributed by atoms with van der Waals surface area (Å²) in [5.74, 6) is 0. The lowest BCUT2D eigenvalue weighted by atomic mass is 10.8. The van der Waals surface area contributed by atoms with Gasteiger partial charge in [0.05, 0.1) is 12.5 Å². The van der Waals surface area contributed by atoms with E-state index in [0.29, 0.717) is 13.2 Å². The zero-order chi connectivity index (χ0) is 13.1. The lowest BCUT2D eigenvalue weighted by Crippen LogP contribution is -2.34. The van der Waals surface area contributed by atoms with Gasteiger partial charge in [-0.25, -0.2) is 14.4 Å². The normalized spacial score (nSPS) is 8.47. The Morgan fingerprint density at radius 1 is 0.824 bits per heavy atom. The van der Waals surface area contributed by atoms with Crippen molar-refractivity contribution in [3.63, 3.8) is 0 Å². The maximum atomic E-state index is 10.2. The third kappa shape index (κ3) is 8.48. The highest BCUT2D eigenvalue weighted by Gasteiger charge is 1.85. The standard InChI is InChI=1S/C6H10O2.C3H3N3O3/c1-3-7-5-6-8-4-2;7-1-4-2(8)6-3(9)5-1/h3-4H,1-2,5-6H2;(H3,4,5,6,7,8,9). The minimum absolute atomic E-state index is 0.537. The molecule has 0 amide bonds. The SMILES string of the molecule is C=COCCOC=C.O=c1[nH]c(=O)[nH]c(=O)[nH]1. The van der Waals surface area contributed by atoms with Crippen molar-refractivity contribution in [2.75, 3.05) is 13.2 Å². The molecule has 0 saturated heterocycles. The molecule has 17 heavy (non-hydrogen) atoms.